The Kier molecular flexibility index (Phi) is 5.62. The number of hydrogen-bond donors (Lipinski definition) is 1. The number of ether oxygens (including phenoxy) is 3. The summed E-state index contributed by atoms with van der Waals surface area (Å²) in [7, 11) is 0. The van der Waals surface area contributed by atoms with E-state index in [1.807, 2.05) is 42.6 Å². The second-order valence-electron chi connectivity index (χ2n) is 8.10. The van der Waals surface area contributed by atoms with Gasteiger partial charge in [0.25, 0.3) is 5.78 Å². The second-order valence-corrected chi connectivity index (χ2v) is 10.1. The first-order valence-electron chi connectivity index (χ1n) is 11.3. The lowest BCUT2D eigenvalue weighted by molar-refractivity contribution is -0.132. The smallest absolute Gasteiger partial charge is 0.301 e. The van der Waals surface area contributed by atoms with Gasteiger partial charge in [-0.25, -0.2) is 4.98 Å². The average molecular weight is 521 g/mol. The topological polar surface area (TPSA) is 98.2 Å². The zero-order valence-electron chi connectivity index (χ0n) is 19.1. The third-order valence-corrected chi connectivity index (χ3v) is 7.88. The highest BCUT2D eigenvalue weighted by Gasteiger charge is 2.48. The van der Waals surface area contributed by atoms with Gasteiger partial charge in [0.1, 0.15) is 30.8 Å². The molecule has 0 bridgehead atoms. The van der Waals surface area contributed by atoms with E-state index in [9.17, 15) is 14.7 Å². The summed E-state index contributed by atoms with van der Waals surface area (Å²) in [5.41, 5.74) is 1.06. The lowest BCUT2D eigenvalue weighted by Crippen LogP contribution is -2.28. The lowest BCUT2D eigenvalue weighted by atomic mass is 9.99. The number of carbonyl (C=O) groups is 2. The maximum Gasteiger partial charge on any atom is 0.301 e. The van der Waals surface area contributed by atoms with Crippen molar-refractivity contribution in [1.82, 2.24) is 4.98 Å². The number of aliphatic hydroxyl groups excluding tert-OH is 1. The van der Waals surface area contributed by atoms with E-state index in [1.54, 1.807) is 18.2 Å². The summed E-state index contributed by atoms with van der Waals surface area (Å²) in [6.45, 7) is 3.27. The van der Waals surface area contributed by atoms with E-state index in [2.05, 4.69) is 4.98 Å². The summed E-state index contributed by atoms with van der Waals surface area (Å²) in [5, 5.41) is 13.6. The molecule has 4 heterocycles. The molecule has 1 saturated heterocycles. The third kappa shape index (κ3) is 3.69. The molecule has 0 saturated carbocycles. The van der Waals surface area contributed by atoms with Gasteiger partial charge in [-0.2, -0.15) is 0 Å². The first-order valence-corrected chi connectivity index (χ1v) is 13.0. The SMILES string of the molecule is CCOc1ccc2nc(N3C(=O)C(=O)/C(=C(/O)c4ccc5c(c4)OCCO5)C3c3cccs3)sc2c1. The van der Waals surface area contributed by atoms with Crippen LogP contribution in [0.5, 0.6) is 17.2 Å². The van der Waals surface area contributed by atoms with Crippen molar-refractivity contribution in [1.29, 1.82) is 0 Å². The van der Waals surface area contributed by atoms with Crippen molar-refractivity contribution >= 4 is 55.5 Å². The first-order chi connectivity index (χ1) is 17.5. The van der Waals surface area contributed by atoms with E-state index in [4.69, 9.17) is 14.2 Å². The average Bonchev–Trinajstić information content (AvgIpc) is 3.62. The number of ketones is 1. The number of aromatic nitrogens is 1. The molecule has 0 radical (unpaired) electrons. The van der Waals surface area contributed by atoms with Crippen LogP contribution in [0.15, 0.2) is 59.5 Å². The fraction of sp³-hybridized carbons (Fsp3) is 0.192. The Labute approximate surface area is 214 Å². The van der Waals surface area contributed by atoms with Crippen LogP contribution in [-0.2, 0) is 9.59 Å². The van der Waals surface area contributed by atoms with Crippen LogP contribution in [0.4, 0.5) is 5.13 Å². The molecule has 0 aliphatic carbocycles. The minimum atomic E-state index is -0.815. The summed E-state index contributed by atoms with van der Waals surface area (Å²) in [5.74, 6) is -0.0364. The molecule has 2 aromatic heterocycles. The summed E-state index contributed by atoms with van der Waals surface area (Å²) in [6, 6.07) is 13.3. The van der Waals surface area contributed by atoms with Crippen LogP contribution in [0.2, 0.25) is 0 Å². The molecule has 1 N–H and O–H groups in total. The van der Waals surface area contributed by atoms with Gasteiger partial charge in [-0.3, -0.25) is 14.5 Å². The van der Waals surface area contributed by atoms with Gasteiger partial charge in [0.05, 0.1) is 22.4 Å². The van der Waals surface area contributed by atoms with Crippen molar-refractivity contribution in [2.24, 2.45) is 0 Å². The van der Waals surface area contributed by atoms with Gasteiger partial charge in [-0.1, -0.05) is 17.4 Å². The summed E-state index contributed by atoms with van der Waals surface area (Å²) >= 11 is 2.69. The number of fused-ring (bicyclic) bond motifs is 2. The van der Waals surface area contributed by atoms with E-state index in [0.717, 1.165) is 9.58 Å². The summed E-state index contributed by atoms with van der Waals surface area (Å²) in [4.78, 5) is 33.5. The number of Topliss-reactive ketones (excluding diaryl/α,β-unsaturated/α-hetero) is 1. The van der Waals surface area contributed by atoms with Gasteiger partial charge in [0.2, 0.25) is 0 Å². The van der Waals surface area contributed by atoms with Crippen molar-refractivity contribution < 1.29 is 28.9 Å². The molecule has 0 spiro atoms. The Morgan fingerprint density at radius 3 is 2.75 bits per heavy atom. The molecule has 2 aliphatic rings. The highest BCUT2D eigenvalue weighted by Crippen LogP contribution is 2.46. The zero-order valence-corrected chi connectivity index (χ0v) is 20.7. The van der Waals surface area contributed by atoms with Crippen molar-refractivity contribution in [3.05, 3.63) is 69.9 Å². The fourth-order valence-corrected chi connectivity index (χ4v) is 6.19. The molecule has 36 heavy (non-hydrogen) atoms. The van der Waals surface area contributed by atoms with E-state index in [-0.39, 0.29) is 11.3 Å². The maximum absolute atomic E-state index is 13.4. The number of benzene rings is 2. The predicted molar refractivity (Wildman–Crippen MR) is 137 cm³/mol. The highest BCUT2D eigenvalue weighted by atomic mass is 32.1. The number of nitrogens with zero attached hydrogens (tertiary/aromatic N) is 2. The van der Waals surface area contributed by atoms with Crippen molar-refractivity contribution in [3.63, 3.8) is 0 Å². The van der Waals surface area contributed by atoms with Crippen molar-refractivity contribution in [2.75, 3.05) is 24.7 Å². The van der Waals surface area contributed by atoms with Crippen LogP contribution in [0.1, 0.15) is 23.4 Å². The van der Waals surface area contributed by atoms with Crippen LogP contribution in [-0.4, -0.2) is 41.6 Å². The van der Waals surface area contributed by atoms with E-state index in [0.29, 0.717) is 53.3 Å². The third-order valence-electron chi connectivity index (χ3n) is 5.94. The van der Waals surface area contributed by atoms with E-state index >= 15 is 0 Å². The van der Waals surface area contributed by atoms with Crippen LogP contribution in [0.25, 0.3) is 16.0 Å². The quantitative estimate of drug-likeness (QED) is 0.221. The monoisotopic (exact) mass is 520 g/mol. The lowest BCUT2D eigenvalue weighted by Gasteiger charge is -2.22. The number of thiazole rings is 1. The zero-order chi connectivity index (χ0) is 24.8. The molecule has 1 unspecified atom stereocenters. The number of rotatable bonds is 5. The molecule has 6 rings (SSSR count). The molecule has 182 valence electrons. The number of carbonyl (C=O) groups excluding carboxylic acids is 2. The van der Waals surface area contributed by atoms with Gasteiger partial charge in [-0.15, -0.1) is 11.3 Å². The predicted octanol–water partition coefficient (Wildman–Crippen LogP) is 5.15. The Bertz CT molecular complexity index is 1520. The Hall–Kier alpha value is -3.89. The molecule has 8 nitrogen and oxygen atoms in total. The number of aliphatic hydroxyl groups is 1. The fourth-order valence-electron chi connectivity index (χ4n) is 4.34. The van der Waals surface area contributed by atoms with Gasteiger partial charge in [0, 0.05) is 10.4 Å². The molecule has 4 aromatic rings. The molecule has 10 heteroatoms. The number of thiophene rings is 1. The Balaban J connectivity index is 1.48. The molecule has 2 aliphatic heterocycles. The molecule has 1 amide bonds. The van der Waals surface area contributed by atoms with Gasteiger partial charge >= 0.3 is 5.91 Å². The van der Waals surface area contributed by atoms with Gasteiger partial charge < -0.3 is 19.3 Å². The number of anilines is 1. The van der Waals surface area contributed by atoms with Crippen LogP contribution >= 0.6 is 22.7 Å². The summed E-state index contributed by atoms with van der Waals surface area (Å²) in [6.07, 6.45) is 0. The molecule has 1 atom stereocenters. The van der Waals surface area contributed by atoms with Crippen molar-refractivity contribution in [2.45, 2.75) is 13.0 Å². The molecule has 1 fully saturated rings. The van der Waals surface area contributed by atoms with E-state index < -0.39 is 17.7 Å². The van der Waals surface area contributed by atoms with Crippen molar-refractivity contribution in [3.8, 4) is 17.2 Å². The molecule has 2 aromatic carbocycles. The van der Waals surface area contributed by atoms with Crippen LogP contribution in [0, 0.1) is 0 Å². The Morgan fingerprint density at radius 2 is 1.97 bits per heavy atom. The standard InChI is InChI=1S/C26H20N2O6S2/c1-2-32-15-6-7-16-20(13-15)36-26(27-16)28-22(19-4-3-11-35-19)21(24(30)25(28)31)23(29)14-5-8-17-18(12-14)34-10-9-33-17/h3-8,11-13,22,29H,2,9-10H2,1H3/b23-21+. The number of amides is 1. The van der Waals surface area contributed by atoms with Crippen LogP contribution in [0.3, 0.4) is 0 Å². The largest absolute Gasteiger partial charge is 0.507 e. The van der Waals surface area contributed by atoms with Gasteiger partial charge in [-0.05, 0) is 54.8 Å². The minimum Gasteiger partial charge on any atom is -0.507 e. The highest BCUT2D eigenvalue weighted by molar-refractivity contribution is 7.22. The molecular formula is C26H20N2O6S2. The maximum atomic E-state index is 13.4. The minimum absolute atomic E-state index is 0.00777. The summed E-state index contributed by atoms with van der Waals surface area (Å²) < 4.78 is 17.6. The number of hydrogen-bond acceptors (Lipinski definition) is 9. The van der Waals surface area contributed by atoms with E-state index in [1.165, 1.54) is 27.6 Å². The first kappa shape index (κ1) is 22.6. The normalized spacial score (nSPS) is 18.7. The molecular weight excluding hydrogens is 500 g/mol. The Morgan fingerprint density at radius 1 is 1.14 bits per heavy atom. The van der Waals surface area contributed by atoms with Gasteiger partial charge in [0.15, 0.2) is 16.6 Å². The van der Waals surface area contributed by atoms with Crippen LogP contribution < -0.4 is 19.1 Å². The second kappa shape index (κ2) is 8.96.